The molecule has 0 aliphatic carbocycles. The van der Waals surface area contributed by atoms with Gasteiger partial charge in [-0.25, -0.2) is 0 Å². The van der Waals surface area contributed by atoms with Crippen LogP contribution in [0.25, 0.3) is 0 Å². The van der Waals surface area contributed by atoms with Crippen molar-refractivity contribution in [2.24, 2.45) is 0 Å². The van der Waals surface area contributed by atoms with Crippen LogP contribution in [0.2, 0.25) is 0 Å². The largest absolute Gasteiger partial charge is 0.462 e. The van der Waals surface area contributed by atoms with E-state index in [1.807, 2.05) is 30.3 Å². The number of hydrogen-bond acceptors (Lipinski definition) is 5. The summed E-state index contributed by atoms with van der Waals surface area (Å²) < 4.78 is 11.4. The first-order chi connectivity index (χ1) is 27.0. The summed E-state index contributed by atoms with van der Waals surface area (Å²) in [7, 11) is 4.12. The Kier molecular flexibility index (Phi) is 36.6. The average molecular weight is 766 g/mol. The van der Waals surface area contributed by atoms with Crippen molar-refractivity contribution in [2.75, 3.05) is 20.6 Å². The topological polar surface area (TPSA) is 55.8 Å². The second-order valence-electron chi connectivity index (χ2n) is 16.4. The molecule has 1 atom stereocenters. The van der Waals surface area contributed by atoms with Gasteiger partial charge in [-0.1, -0.05) is 164 Å². The highest BCUT2D eigenvalue weighted by Gasteiger charge is 2.14. The van der Waals surface area contributed by atoms with Crippen LogP contribution in [-0.2, 0) is 25.7 Å². The lowest BCUT2D eigenvalue weighted by Gasteiger charge is -2.18. The van der Waals surface area contributed by atoms with Gasteiger partial charge in [0.2, 0.25) is 0 Å². The fourth-order valence-electron chi connectivity index (χ4n) is 7.12. The van der Waals surface area contributed by atoms with E-state index < -0.39 is 0 Å². The maximum absolute atomic E-state index is 12.6. The first kappa shape index (κ1) is 50.6. The Balaban J connectivity index is 2.03. The number of hydrogen-bond donors (Lipinski definition) is 0. The van der Waals surface area contributed by atoms with Crippen LogP contribution in [0.1, 0.15) is 218 Å². The predicted octanol–water partition coefficient (Wildman–Crippen LogP) is 14.8. The minimum Gasteiger partial charge on any atom is -0.462 e. The van der Waals surface area contributed by atoms with E-state index in [2.05, 4.69) is 50.2 Å². The smallest absolute Gasteiger partial charge is 0.306 e. The van der Waals surface area contributed by atoms with E-state index in [0.717, 1.165) is 50.6 Å². The molecule has 0 aliphatic rings. The van der Waals surface area contributed by atoms with Gasteiger partial charge in [0.25, 0.3) is 0 Å². The van der Waals surface area contributed by atoms with Crippen LogP contribution in [-0.4, -0.2) is 43.6 Å². The van der Waals surface area contributed by atoms with Crippen LogP contribution in [0, 0.1) is 0 Å². The standard InChI is InChI=1S/C50H87NO4/c1-4-5-6-7-8-9-10-11-12-14-17-20-23-26-29-35-41-48(55-50(53)44-38-45-51(2)3)42-36-30-27-24-21-18-15-13-16-19-22-25-28-31-37-43-49(52)54-46-47-39-33-32-34-40-47/h11-13,16,32-34,39-40,48H,4-10,14-15,17-31,35-38,41-46H2,1-3H3/b12-11-,16-13-. The molecule has 0 spiro atoms. The zero-order chi connectivity index (χ0) is 39.7. The van der Waals surface area contributed by atoms with E-state index >= 15 is 0 Å². The van der Waals surface area contributed by atoms with Gasteiger partial charge in [0.1, 0.15) is 12.7 Å². The molecule has 0 fully saturated rings. The molecule has 0 N–H and O–H groups in total. The Labute approximate surface area is 340 Å². The maximum Gasteiger partial charge on any atom is 0.306 e. The summed E-state index contributed by atoms with van der Waals surface area (Å²) in [6, 6.07) is 9.88. The van der Waals surface area contributed by atoms with Crippen molar-refractivity contribution in [1.82, 2.24) is 4.90 Å². The predicted molar refractivity (Wildman–Crippen MR) is 236 cm³/mol. The van der Waals surface area contributed by atoms with Gasteiger partial charge >= 0.3 is 11.9 Å². The molecule has 0 amide bonds. The summed E-state index contributed by atoms with van der Waals surface area (Å²) in [5.41, 5.74) is 1.04. The van der Waals surface area contributed by atoms with Gasteiger partial charge in [0, 0.05) is 12.8 Å². The Morgan fingerprint density at radius 2 is 0.945 bits per heavy atom. The molecule has 0 heterocycles. The summed E-state index contributed by atoms with van der Waals surface area (Å²) in [6.45, 7) is 3.59. The van der Waals surface area contributed by atoms with E-state index in [-0.39, 0.29) is 18.0 Å². The van der Waals surface area contributed by atoms with Crippen molar-refractivity contribution in [3.05, 3.63) is 60.2 Å². The molecule has 0 radical (unpaired) electrons. The molecule has 0 aromatic heterocycles. The third-order valence-corrected chi connectivity index (χ3v) is 10.6. The fourth-order valence-corrected chi connectivity index (χ4v) is 7.12. The molecule has 1 unspecified atom stereocenters. The SMILES string of the molecule is CCCCCCCC/C=C\CCCCCCCCC(CCCCCCCC/C=C\CCCCCCCC(=O)OCc1ccccc1)OC(=O)CCCN(C)C. The molecule has 316 valence electrons. The van der Waals surface area contributed by atoms with Gasteiger partial charge in [-0.2, -0.15) is 0 Å². The number of carbonyl (C=O) groups is 2. The lowest BCUT2D eigenvalue weighted by molar-refractivity contribution is -0.150. The number of ether oxygens (including phenoxy) is 2. The zero-order valence-electron chi connectivity index (χ0n) is 36.4. The third-order valence-electron chi connectivity index (χ3n) is 10.6. The van der Waals surface area contributed by atoms with Gasteiger partial charge < -0.3 is 14.4 Å². The van der Waals surface area contributed by atoms with Crippen LogP contribution in [0.15, 0.2) is 54.6 Å². The Hall–Kier alpha value is -2.40. The van der Waals surface area contributed by atoms with E-state index in [9.17, 15) is 9.59 Å². The van der Waals surface area contributed by atoms with Crippen molar-refractivity contribution in [3.8, 4) is 0 Å². The zero-order valence-corrected chi connectivity index (χ0v) is 36.4. The van der Waals surface area contributed by atoms with Crippen molar-refractivity contribution in [2.45, 2.75) is 225 Å². The Morgan fingerprint density at radius 1 is 0.527 bits per heavy atom. The van der Waals surface area contributed by atoms with E-state index in [0.29, 0.717) is 19.4 Å². The summed E-state index contributed by atoms with van der Waals surface area (Å²) in [5, 5.41) is 0. The van der Waals surface area contributed by atoms with Crippen LogP contribution >= 0.6 is 0 Å². The Bertz CT molecular complexity index is 1040. The van der Waals surface area contributed by atoms with Crippen LogP contribution in [0.4, 0.5) is 0 Å². The molecule has 0 saturated heterocycles. The second kappa shape index (κ2) is 39.8. The minimum absolute atomic E-state index is 0.00148. The van der Waals surface area contributed by atoms with Crippen molar-refractivity contribution >= 4 is 11.9 Å². The molecule has 55 heavy (non-hydrogen) atoms. The van der Waals surface area contributed by atoms with Crippen molar-refractivity contribution in [1.29, 1.82) is 0 Å². The molecule has 0 bridgehead atoms. The van der Waals surface area contributed by atoms with Gasteiger partial charge in [-0.05, 0) is 116 Å². The number of esters is 2. The molecule has 1 rings (SSSR count). The first-order valence-electron chi connectivity index (χ1n) is 23.3. The van der Waals surface area contributed by atoms with Gasteiger partial charge in [-0.15, -0.1) is 0 Å². The summed E-state index contributed by atoms with van der Waals surface area (Å²) in [5.74, 6) is -0.0854. The normalized spacial score (nSPS) is 12.3. The van der Waals surface area contributed by atoms with Crippen LogP contribution in [0.3, 0.4) is 0 Å². The number of benzene rings is 1. The van der Waals surface area contributed by atoms with E-state index in [1.165, 1.54) is 154 Å². The maximum atomic E-state index is 12.6. The average Bonchev–Trinajstić information content (AvgIpc) is 3.18. The molecule has 0 saturated carbocycles. The molecule has 0 aliphatic heterocycles. The fraction of sp³-hybridized carbons (Fsp3) is 0.760. The number of allylic oxidation sites excluding steroid dienone is 4. The van der Waals surface area contributed by atoms with Gasteiger partial charge in [0.05, 0.1) is 0 Å². The molecular formula is C50H87NO4. The lowest BCUT2D eigenvalue weighted by Crippen LogP contribution is -2.20. The lowest BCUT2D eigenvalue weighted by atomic mass is 10.0. The van der Waals surface area contributed by atoms with Crippen LogP contribution < -0.4 is 0 Å². The molecule has 5 nitrogen and oxygen atoms in total. The third kappa shape index (κ3) is 37.0. The number of carbonyl (C=O) groups excluding carboxylic acids is 2. The first-order valence-corrected chi connectivity index (χ1v) is 23.3. The quantitative estimate of drug-likeness (QED) is 0.0378. The summed E-state index contributed by atoms with van der Waals surface area (Å²) in [6.07, 6.45) is 47.8. The van der Waals surface area contributed by atoms with Crippen molar-refractivity contribution < 1.29 is 19.1 Å². The minimum atomic E-state index is -0.0839. The highest BCUT2D eigenvalue weighted by atomic mass is 16.5. The summed E-state index contributed by atoms with van der Waals surface area (Å²) in [4.78, 5) is 26.6. The Morgan fingerprint density at radius 3 is 1.42 bits per heavy atom. The molecular weight excluding hydrogens is 679 g/mol. The highest BCUT2D eigenvalue weighted by molar-refractivity contribution is 5.69. The van der Waals surface area contributed by atoms with E-state index in [4.69, 9.17) is 9.47 Å². The second-order valence-corrected chi connectivity index (χ2v) is 16.4. The molecule has 5 heteroatoms. The van der Waals surface area contributed by atoms with Gasteiger partial charge in [-0.3, -0.25) is 9.59 Å². The molecule has 1 aromatic carbocycles. The summed E-state index contributed by atoms with van der Waals surface area (Å²) >= 11 is 0. The van der Waals surface area contributed by atoms with Crippen LogP contribution in [0.5, 0.6) is 0 Å². The number of rotatable bonds is 40. The monoisotopic (exact) mass is 766 g/mol. The van der Waals surface area contributed by atoms with Gasteiger partial charge in [0.15, 0.2) is 0 Å². The van der Waals surface area contributed by atoms with E-state index in [1.54, 1.807) is 0 Å². The highest BCUT2D eigenvalue weighted by Crippen LogP contribution is 2.19. The van der Waals surface area contributed by atoms with Crippen molar-refractivity contribution in [3.63, 3.8) is 0 Å². The molecule has 1 aromatic rings. The number of nitrogens with zero attached hydrogens (tertiary/aromatic N) is 1. The number of unbranched alkanes of at least 4 members (excludes halogenated alkanes) is 23.